The number of guanidine groups is 1. The molecule has 0 spiro atoms. The van der Waals surface area contributed by atoms with Crippen LogP contribution in [0.1, 0.15) is 23.2 Å². The Hall–Kier alpha value is -1.21. The van der Waals surface area contributed by atoms with E-state index in [-0.39, 0.29) is 5.91 Å². The predicted octanol–water partition coefficient (Wildman–Crippen LogP) is 2.24. The Morgan fingerprint density at radius 1 is 1.26 bits per heavy atom. The molecule has 0 bridgehead atoms. The van der Waals surface area contributed by atoms with Gasteiger partial charge in [0.25, 0.3) is 5.91 Å². The zero-order chi connectivity index (χ0) is 16.5. The highest BCUT2D eigenvalue weighted by Gasteiger charge is 2.15. The SMILES string of the molecule is CN=C(NCCNC(=O)c1ccc(Br)cc1)NCC1CCCS1. The van der Waals surface area contributed by atoms with Crippen LogP contribution in [0.15, 0.2) is 33.7 Å². The average molecular weight is 399 g/mol. The first-order valence-corrected chi connectivity index (χ1v) is 9.63. The van der Waals surface area contributed by atoms with Gasteiger partial charge in [-0.15, -0.1) is 0 Å². The van der Waals surface area contributed by atoms with E-state index in [1.807, 2.05) is 23.9 Å². The minimum Gasteiger partial charge on any atom is -0.355 e. The van der Waals surface area contributed by atoms with E-state index in [1.165, 1.54) is 18.6 Å². The highest BCUT2D eigenvalue weighted by Crippen LogP contribution is 2.25. The summed E-state index contributed by atoms with van der Waals surface area (Å²) in [6, 6.07) is 7.32. The van der Waals surface area contributed by atoms with E-state index in [0.717, 1.165) is 17.0 Å². The normalized spacial score (nSPS) is 17.8. The molecule has 7 heteroatoms. The first kappa shape index (κ1) is 18.1. The van der Waals surface area contributed by atoms with E-state index < -0.39 is 0 Å². The van der Waals surface area contributed by atoms with Gasteiger partial charge in [-0.1, -0.05) is 15.9 Å². The monoisotopic (exact) mass is 398 g/mol. The molecule has 1 heterocycles. The Bertz CT molecular complexity index is 529. The van der Waals surface area contributed by atoms with Crippen LogP contribution < -0.4 is 16.0 Å². The summed E-state index contributed by atoms with van der Waals surface area (Å²) < 4.78 is 0.964. The summed E-state index contributed by atoms with van der Waals surface area (Å²) in [6.07, 6.45) is 2.59. The predicted molar refractivity (Wildman–Crippen MR) is 101 cm³/mol. The van der Waals surface area contributed by atoms with Crippen molar-refractivity contribution >= 4 is 39.6 Å². The summed E-state index contributed by atoms with van der Waals surface area (Å²) >= 11 is 5.38. The quantitative estimate of drug-likeness (QED) is 0.390. The third kappa shape index (κ3) is 6.43. The van der Waals surface area contributed by atoms with Gasteiger partial charge in [-0.25, -0.2) is 0 Å². The standard InChI is InChI=1S/C16H23BrN4OS/c1-18-16(21-11-14-3-2-10-23-14)20-9-8-19-15(22)12-4-6-13(17)7-5-12/h4-7,14H,2-3,8-11H2,1H3,(H,19,22)(H2,18,20,21). The molecule has 1 aromatic carbocycles. The number of nitrogens with zero attached hydrogens (tertiary/aromatic N) is 1. The molecule has 1 saturated heterocycles. The number of aliphatic imine (C=N–C) groups is 1. The van der Waals surface area contributed by atoms with Gasteiger partial charge in [-0.3, -0.25) is 9.79 Å². The Morgan fingerprint density at radius 2 is 2.00 bits per heavy atom. The number of benzene rings is 1. The molecule has 2 rings (SSSR count). The minimum absolute atomic E-state index is 0.0652. The van der Waals surface area contributed by atoms with Gasteiger partial charge in [0.2, 0.25) is 0 Å². The molecule has 0 saturated carbocycles. The molecule has 1 aliphatic rings. The van der Waals surface area contributed by atoms with Crippen LogP contribution in [0.3, 0.4) is 0 Å². The van der Waals surface area contributed by atoms with Crippen molar-refractivity contribution in [1.82, 2.24) is 16.0 Å². The number of carbonyl (C=O) groups excluding carboxylic acids is 1. The molecule has 126 valence electrons. The van der Waals surface area contributed by atoms with Crippen LogP contribution in [-0.2, 0) is 0 Å². The number of rotatable bonds is 6. The fourth-order valence-corrected chi connectivity index (χ4v) is 3.76. The number of halogens is 1. The molecule has 0 aliphatic carbocycles. The van der Waals surface area contributed by atoms with Crippen LogP contribution in [0.2, 0.25) is 0 Å². The molecule has 1 fully saturated rings. The fraction of sp³-hybridized carbons (Fsp3) is 0.500. The molecular formula is C16H23BrN4OS. The Labute approximate surface area is 150 Å². The maximum absolute atomic E-state index is 12.0. The van der Waals surface area contributed by atoms with Crippen molar-refractivity contribution in [3.8, 4) is 0 Å². The molecular weight excluding hydrogens is 376 g/mol. The summed E-state index contributed by atoms with van der Waals surface area (Å²) in [6.45, 7) is 2.13. The van der Waals surface area contributed by atoms with Crippen LogP contribution in [0.4, 0.5) is 0 Å². The Morgan fingerprint density at radius 3 is 2.65 bits per heavy atom. The highest BCUT2D eigenvalue weighted by atomic mass is 79.9. The van der Waals surface area contributed by atoms with Crippen molar-refractivity contribution < 1.29 is 4.79 Å². The van der Waals surface area contributed by atoms with E-state index >= 15 is 0 Å². The van der Waals surface area contributed by atoms with Crippen molar-refractivity contribution in [2.45, 2.75) is 18.1 Å². The lowest BCUT2D eigenvalue weighted by Crippen LogP contribution is -2.43. The molecule has 3 N–H and O–H groups in total. The lowest BCUT2D eigenvalue weighted by molar-refractivity contribution is 0.0954. The second-order valence-electron chi connectivity index (χ2n) is 5.28. The molecule has 5 nitrogen and oxygen atoms in total. The number of nitrogens with one attached hydrogen (secondary N) is 3. The van der Waals surface area contributed by atoms with Gasteiger partial charge in [0.1, 0.15) is 0 Å². The summed E-state index contributed by atoms with van der Waals surface area (Å²) in [5.41, 5.74) is 0.661. The molecule has 1 aliphatic heterocycles. The largest absolute Gasteiger partial charge is 0.355 e. The molecule has 1 unspecified atom stereocenters. The van der Waals surface area contributed by atoms with Crippen molar-refractivity contribution in [3.63, 3.8) is 0 Å². The van der Waals surface area contributed by atoms with Crippen molar-refractivity contribution in [3.05, 3.63) is 34.3 Å². The van der Waals surface area contributed by atoms with E-state index in [0.29, 0.717) is 23.9 Å². The average Bonchev–Trinajstić information content (AvgIpc) is 3.08. The molecule has 0 radical (unpaired) electrons. The van der Waals surface area contributed by atoms with E-state index in [1.54, 1.807) is 19.2 Å². The van der Waals surface area contributed by atoms with Gasteiger partial charge < -0.3 is 16.0 Å². The second kappa shape index (κ2) is 9.82. The summed E-state index contributed by atoms with van der Waals surface area (Å²) in [5.74, 6) is 1.99. The zero-order valence-electron chi connectivity index (χ0n) is 13.3. The van der Waals surface area contributed by atoms with E-state index in [4.69, 9.17) is 0 Å². The van der Waals surface area contributed by atoms with Crippen LogP contribution in [0, 0.1) is 0 Å². The maximum Gasteiger partial charge on any atom is 0.251 e. The van der Waals surface area contributed by atoms with Gasteiger partial charge >= 0.3 is 0 Å². The molecule has 1 atom stereocenters. The van der Waals surface area contributed by atoms with Gasteiger partial charge in [0.15, 0.2) is 5.96 Å². The van der Waals surface area contributed by atoms with Crippen molar-refractivity contribution in [1.29, 1.82) is 0 Å². The fourth-order valence-electron chi connectivity index (χ4n) is 2.30. The van der Waals surface area contributed by atoms with Crippen LogP contribution in [0.25, 0.3) is 0 Å². The number of hydrogen-bond acceptors (Lipinski definition) is 3. The number of carbonyl (C=O) groups is 1. The van der Waals surface area contributed by atoms with Gasteiger partial charge in [0.05, 0.1) is 0 Å². The van der Waals surface area contributed by atoms with E-state index in [2.05, 4.69) is 36.9 Å². The zero-order valence-corrected chi connectivity index (χ0v) is 15.7. The number of thioether (sulfide) groups is 1. The minimum atomic E-state index is -0.0652. The Kier molecular flexibility index (Phi) is 7.74. The third-order valence-electron chi connectivity index (χ3n) is 3.55. The van der Waals surface area contributed by atoms with E-state index in [9.17, 15) is 4.79 Å². The summed E-state index contributed by atoms with van der Waals surface area (Å²) in [4.78, 5) is 16.2. The number of amides is 1. The summed E-state index contributed by atoms with van der Waals surface area (Å²) in [5, 5.41) is 10.1. The lowest BCUT2D eigenvalue weighted by atomic mass is 10.2. The molecule has 0 aromatic heterocycles. The molecule has 1 amide bonds. The van der Waals surface area contributed by atoms with Gasteiger partial charge in [-0.2, -0.15) is 11.8 Å². The molecule has 1 aromatic rings. The van der Waals surface area contributed by atoms with Crippen LogP contribution in [0.5, 0.6) is 0 Å². The highest BCUT2D eigenvalue weighted by molar-refractivity contribution is 9.10. The lowest BCUT2D eigenvalue weighted by Gasteiger charge is -2.15. The van der Waals surface area contributed by atoms with Gasteiger partial charge in [-0.05, 0) is 42.9 Å². The summed E-state index contributed by atoms with van der Waals surface area (Å²) in [7, 11) is 1.76. The first-order valence-electron chi connectivity index (χ1n) is 7.79. The van der Waals surface area contributed by atoms with Gasteiger partial charge in [0, 0.05) is 42.0 Å². The van der Waals surface area contributed by atoms with Crippen molar-refractivity contribution in [2.75, 3.05) is 32.4 Å². The topological polar surface area (TPSA) is 65.5 Å². The third-order valence-corrected chi connectivity index (χ3v) is 5.48. The second-order valence-corrected chi connectivity index (χ2v) is 7.60. The Balaban J connectivity index is 1.63. The molecule has 23 heavy (non-hydrogen) atoms. The van der Waals surface area contributed by atoms with Crippen LogP contribution >= 0.6 is 27.7 Å². The van der Waals surface area contributed by atoms with Crippen LogP contribution in [-0.4, -0.2) is 49.6 Å². The first-order chi connectivity index (χ1) is 11.2. The number of hydrogen-bond donors (Lipinski definition) is 3. The smallest absolute Gasteiger partial charge is 0.251 e. The van der Waals surface area contributed by atoms with Crippen molar-refractivity contribution in [2.24, 2.45) is 4.99 Å². The maximum atomic E-state index is 12.0.